The van der Waals surface area contributed by atoms with Crippen LogP contribution in [0.5, 0.6) is 0 Å². The Kier molecular flexibility index (Phi) is 4.47. The van der Waals surface area contributed by atoms with Crippen molar-refractivity contribution >= 4 is 11.8 Å². The molecule has 2 amide bonds. The molecule has 0 atom stereocenters. The first kappa shape index (κ1) is 12.2. The summed E-state index contributed by atoms with van der Waals surface area (Å²) in [4.78, 5) is 21.9. The topological polar surface area (TPSA) is 78.4 Å². The number of nitrogens with one attached hydrogen (secondary N) is 2. The van der Waals surface area contributed by atoms with Gasteiger partial charge in [-0.15, -0.1) is 0 Å². The summed E-state index contributed by atoms with van der Waals surface area (Å²) in [6.45, 7) is 2.33. The van der Waals surface area contributed by atoms with Gasteiger partial charge in [-0.1, -0.05) is 24.3 Å². The van der Waals surface area contributed by atoms with Crippen LogP contribution in [0.3, 0.4) is 0 Å². The third kappa shape index (κ3) is 3.70. The molecule has 0 bridgehead atoms. The smallest absolute Gasteiger partial charge is 0.252 e. The fourth-order valence-corrected chi connectivity index (χ4v) is 1.25. The van der Waals surface area contributed by atoms with Crippen molar-refractivity contribution in [2.45, 2.75) is 19.9 Å². The predicted octanol–water partition coefficient (Wildman–Crippen LogP) is 0.507. The Morgan fingerprint density at radius 2 is 1.94 bits per heavy atom. The summed E-state index contributed by atoms with van der Waals surface area (Å²) in [7, 11) is 0. The maximum atomic E-state index is 11.2. The molecule has 0 saturated carbocycles. The first-order valence-electron chi connectivity index (χ1n) is 4.87. The minimum absolute atomic E-state index is 0.373. The lowest BCUT2D eigenvalue weighted by Crippen LogP contribution is -2.30. The molecule has 0 radical (unpaired) electrons. The van der Waals surface area contributed by atoms with Crippen molar-refractivity contribution in [1.82, 2.24) is 10.8 Å². The molecule has 5 heteroatoms. The Bertz CT molecular complexity index is 391. The molecule has 1 aromatic rings. The van der Waals surface area contributed by atoms with E-state index in [1.54, 1.807) is 0 Å². The van der Waals surface area contributed by atoms with E-state index in [0.717, 1.165) is 11.1 Å². The maximum Gasteiger partial charge on any atom is 0.252 e. The number of rotatable bonds is 4. The lowest BCUT2D eigenvalue weighted by Gasteiger charge is -2.07. The molecule has 86 valence electrons. The lowest BCUT2D eigenvalue weighted by atomic mass is 10.1. The first-order chi connectivity index (χ1) is 7.63. The van der Waals surface area contributed by atoms with Crippen LogP contribution in [-0.2, 0) is 16.1 Å². The molecular weight excluding hydrogens is 208 g/mol. The van der Waals surface area contributed by atoms with E-state index in [2.05, 4.69) is 5.32 Å². The monoisotopic (exact) mass is 222 g/mol. The van der Waals surface area contributed by atoms with Gasteiger partial charge in [0, 0.05) is 6.54 Å². The average Bonchev–Trinajstić information content (AvgIpc) is 2.28. The number of hydrogen-bond donors (Lipinski definition) is 3. The Morgan fingerprint density at radius 3 is 2.56 bits per heavy atom. The van der Waals surface area contributed by atoms with Gasteiger partial charge < -0.3 is 5.32 Å². The second-order valence-corrected chi connectivity index (χ2v) is 3.41. The molecule has 0 heterocycles. The molecule has 0 aliphatic rings. The summed E-state index contributed by atoms with van der Waals surface area (Å²) in [6, 6.07) is 7.65. The zero-order valence-corrected chi connectivity index (χ0v) is 8.99. The highest BCUT2D eigenvalue weighted by molar-refractivity contribution is 5.96. The summed E-state index contributed by atoms with van der Waals surface area (Å²) in [6.07, 6.45) is -0.373. The molecule has 0 aromatic heterocycles. The lowest BCUT2D eigenvalue weighted by molar-refractivity contribution is -0.134. The standard InChI is InChI=1S/C11H14N2O3/c1-8-4-2-3-5-9(8)7-12-10(14)6-11(15)13-16/h2-5,16H,6-7H2,1H3,(H,12,14)(H,13,15). The number of aryl methyl sites for hydroxylation is 1. The quantitative estimate of drug-likeness (QED) is 0.394. The van der Waals surface area contributed by atoms with Crippen LogP contribution in [0.1, 0.15) is 17.5 Å². The summed E-state index contributed by atoms with van der Waals surface area (Å²) >= 11 is 0. The van der Waals surface area contributed by atoms with Crippen LogP contribution in [0.2, 0.25) is 0 Å². The van der Waals surface area contributed by atoms with E-state index in [1.807, 2.05) is 31.2 Å². The maximum absolute atomic E-state index is 11.2. The van der Waals surface area contributed by atoms with Crippen LogP contribution in [0, 0.1) is 6.92 Å². The van der Waals surface area contributed by atoms with Gasteiger partial charge in [0.25, 0.3) is 5.91 Å². The second kappa shape index (κ2) is 5.87. The molecule has 1 aromatic carbocycles. The fourth-order valence-electron chi connectivity index (χ4n) is 1.25. The van der Waals surface area contributed by atoms with Crippen molar-refractivity contribution in [2.75, 3.05) is 0 Å². The molecule has 1 rings (SSSR count). The molecule has 0 aliphatic heterocycles. The molecule has 3 N–H and O–H groups in total. The van der Waals surface area contributed by atoms with Crippen LogP contribution < -0.4 is 10.8 Å². The van der Waals surface area contributed by atoms with Crippen molar-refractivity contribution in [3.8, 4) is 0 Å². The first-order valence-corrected chi connectivity index (χ1v) is 4.87. The Hall–Kier alpha value is -1.88. The van der Waals surface area contributed by atoms with E-state index in [-0.39, 0.29) is 6.42 Å². The molecule has 0 unspecified atom stereocenters. The van der Waals surface area contributed by atoms with Gasteiger partial charge in [-0.25, -0.2) is 5.48 Å². The highest BCUT2D eigenvalue weighted by atomic mass is 16.5. The van der Waals surface area contributed by atoms with Crippen LogP contribution in [-0.4, -0.2) is 17.0 Å². The second-order valence-electron chi connectivity index (χ2n) is 3.41. The molecule has 0 spiro atoms. The van der Waals surface area contributed by atoms with Crippen molar-refractivity contribution < 1.29 is 14.8 Å². The minimum atomic E-state index is -0.720. The van der Waals surface area contributed by atoms with E-state index in [9.17, 15) is 9.59 Å². The van der Waals surface area contributed by atoms with E-state index in [4.69, 9.17) is 5.21 Å². The highest BCUT2D eigenvalue weighted by Gasteiger charge is 2.07. The number of amides is 2. The summed E-state index contributed by atoms with van der Waals surface area (Å²) in [5.74, 6) is -1.14. The van der Waals surface area contributed by atoms with Crippen LogP contribution in [0.25, 0.3) is 0 Å². The van der Waals surface area contributed by atoms with Crippen LogP contribution in [0.15, 0.2) is 24.3 Å². The summed E-state index contributed by atoms with van der Waals surface area (Å²) in [5, 5.41) is 10.8. The van der Waals surface area contributed by atoms with Crippen LogP contribution in [0.4, 0.5) is 0 Å². The fraction of sp³-hybridized carbons (Fsp3) is 0.273. The van der Waals surface area contributed by atoms with Gasteiger partial charge in [0.15, 0.2) is 0 Å². The number of hydrogen-bond acceptors (Lipinski definition) is 3. The van der Waals surface area contributed by atoms with E-state index >= 15 is 0 Å². The Balaban J connectivity index is 2.43. The van der Waals surface area contributed by atoms with Gasteiger partial charge >= 0.3 is 0 Å². The molecule has 5 nitrogen and oxygen atoms in total. The third-order valence-electron chi connectivity index (χ3n) is 2.18. The van der Waals surface area contributed by atoms with Crippen molar-refractivity contribution in [3.05, 3.63) is 35.4 Å². The summed E-state index contributed by atoms with van der Waals surface area (Å²) < 4.78 is 0. The van der Waals surface area contributed by atoms with Gasteiger partial charge in [0.1, 0.15) is 6.42 Å². The normalized spacial score (nSPS) is 9.62. The predicted molar refractivity (Wildman–Crippen MR) is 57.6 cm³/mol. The van der Waals surface area contributed by atoms with E-state index < -0.39 is 11.8 Å². The van der Waals surface area contributed by atoms with Gasteiger partial charge in [-0.2, -0.15) is 0 Å². The Morgan fingerprint density at radius 1 is 1.25 bits per heavy atom. The van der Waals surface area contributed by atoms with E-state index in [0.29, 0.717) is 6.54 Å². The number of hydroxylamine groups is 1. The molecule has 0 fully saturated rings. The van der Waals surface area contributed by atoms with Crippen molar-refractivity contribution in [1.29, 1.82) is 0 Å². The molecule has 0 saturated heterocycles. The highest BCUT2D eigenvalue weighted by Crippen LogP contribution is 2.05. The van der Waals surface area contributed by atoms with Gasteiger partial charge in [0.2, 0.25) is 5.91 Å². The van der Waals surface area contributed by atoms with Crippen molar-refractivity contribution in [3.63, 3.8) is 0 Å². The van der Waals surface area contributed by atoms with Gasteiger partial charge in [0.05, 0.1) is 0 Å². The average molecular weight is 222 g/mol. The molecular formula is C11H14N2O3. The molecule has 0 aliphatic carbocycles. The number of carbonyl (C=O) groups excluding carboxylic acids is 2. The SMILES string of the molecule is Cc1ccccc1CNC(=O)CC(=O)NO. The molecule has 16 heavy (non-hydrogen) atoms. The zero-order valence-electron chi connectivity index (χ0n) is 8.99. The minimum Gasteiger partial charge on any atom is -0.352 e. The number of benzene rings is 1. The van der Waals surface area contributed by atoms with Gasteiger partial charge in [-0.05, 0) is 18.1 Å². The Labute approximate surface area is 93.4 Å². The van der Waals surface area contributed by atoms with Gasteiger partial charge in [-0.3, -0.25) is 14.8 Å². The third-order valence-corrected chi connectivity index (χ3v) is 2.18. The largest absolute Gasteiger partial charge is 0.352 e. The number of carbonyl (C=O) groups is 2. The van der Waals surface area contributed by atoms with Crippen molar-refractivity contribution in [2.24, 2.45) is 0 Å². The van der Waals surface area contributed by atoms with Crippen LogP contribution >= 0.6 is 0 Å². The summed E-state index contributed by atoms with van der Waals surface area (Å²) in [5.41, 5.74) is 3.48. The zero-order chi connectivity index (χ0) is 12.0. The van der Waals surface area contributed by atoms with E-state index in [1.165, 1.54) is 5.48 Å².